The Morgan fingerprint density at radius 3 is 2.65 bits per heavy atom. The van der Waals surface area contributed by atoms with E-state index in [1.807, 2.05) is 56.3 Å². The number of benzene rings is 1. The van der Waals surface area contributed by atoms with Gasteiger partial charge in [0, 0.05) is 22.5 Å². The molecule has 0 aliphatic carbocycles. The number of aromatic nitrogens is 1. The molecule has 1 aliphatic heterocycles. The van der Waals surface area contributed by atoms with Gasteiger partial charge in [-0.1, -0.05) is 42.8 Å². The highest BCUT2D eigenvalue weighted by molar-refractivity contribution is 6.31. The number of hydrogen-bond acceptors (Lipinski definition) is 5. The standard InChI is InChI=1S/C20H22ClN3O2/c1-3-12-25-26-13-16-14(2)23-20(18-10-6-7-11-22-18)24-19(16)15-8-4-5-9-17(15)21/h4-11,19H,3,12-13H2,1-2H3,(H,23,24). The summed E-state index contributed by atoms with van der Waals surface area (Å²) in [7, 11) is 0. The van der Waals surface area contributed by atoms with Crippen LogP contribution in [-0.4, -0.2) is 24.0 Å². The normalized spacial score (nSPS) is 17.0. The van der Waals surface area contributed by atoms with E-state index in [0.29, 0.717) is 24.1 Å². The Hall–Kier alpha value is -2.21. The lowest BCUT2D eigenvalue weighted by Gasteiger charge is -2.27. The van der Waals surface area contributed by atoms with Crippen LogP contribution in [0.4, 0.5) is 0 Å². The number of halogens is 1. The number of aliphatic imine (C=N–C) groups is 1. The smallest absolute Gasteiger partial charge is 0.152 e. The average Bonchev–Trinajstić information content (AvgIpc) is 2.67. The molecule has 2 heterocycles. The third-order valence-corrected chi connectivity index (χ3v) is 4.41. The van der Waals surface area contributed by atoms with E-state index < -0.39 is 0 Å². The SMILES string of the molecule is CCCOOCC1=C(C)NC(c2ccccn2)=NC1c1ccccc1Cl. The molecule has 1 aromatic heterocycles. The molecule has 1 atom stereocenters. The second-order valence-electron chi connectivity index (χ2n) is 5.98. The molecule has 0 radical (unpaired) electrons. The summed E-state index contributed by atoms with van der Waals surface area (Å²) in [6, 6.07) is 13.2. The highest BCUT2D eigenvalue weighted by atomic mass is 35.5. The lowest BCUT2D eigenvalue weighted by atomic mass is 9.96. The van der Waals surface area contributed by atoms with Crippen LogP contribution in [0.5, 0.6) is 0 Å². The zero-order chi connectivity index (χ0) is 18.4. The Labute approximate surface area is 158 Å². The van der Waals surface area contributed by atoms with Crippen LogP contribution in [0.1, 0.15) is 37.6 Å². The van der Waals surface area contributed by atoms with Gasteiger partial charge in [-0.25, -0.2) is 9.78 Å². The van der Waals surface area contributed by atoms with Crippen molar-refractivity contribution >= 4 is 17.4 Å². The molecule has 1 aliphatic rings. The summed E-state index contributed by atoms with van der Waals surface area (Å²) in [6.07, 6.45) is 2.65. The molecule has 0 fully saturated rings. The van der Waals surface area contributed by atoms with Crippen molar-refractivity contribution in [1.82, 2.24) is 10.3 Å². The van der Waals surface area contributed by atoms with Gasteiger partial charge in [0.2, 0.25) is 0 Å². The molecule has 2 aromatic rings. The van der Waals surface area contributed by atoms with E-state index >= 15 is 0 Å². The second-order valence-corrected chi connectivity index (χ2v) is 6.38. The van der Waals surface area contributed by atoms with Crippen molar-refractivity contribution < 1.29 is 9.78 Å². The first-order chi connectivity index (χ1) is 12.7. The predicted molar refractivity (Wildman–Crippen MR) is 103 cm³/mol. The van der Waals surface area contributed by atoms with Gasteiger partial charge in [0.1, 0.15) is 18.3 Å². The van der Waals surface area contributed by atoms with E-state index in [0.717, 1.165) is 28.9 Å². The quantitative estimate of drug-likeness (QED) is 0.443. The number of amidine groups is 1. The summed E-state index contributed by atoms with van der Waals surface area (Å²) in [6.45, 7) is 4.90. The molecule has 0 saturated carbocycles. The molecule has 26 heavy (non-hydrogen) atoms. The van der Waals surface area contributed by atoms with Crippen LogP contribution in [0.3, 0.4) is 0 Å². The minimum absolute atomic E-state index is 0.257. The third kappa shape index (κ3) is 4.30. The molecule has 5 nitrogen and oxygen atoms in total. The molecule has 3 rings (SSSR count). The topological polar surface area (TPSA) is 55.7 Å². The molecule has 1 unspecified atom stereocenters. The lowest BCUT2D eigenvalue weighted by Crippen LogP contribution is -2.31. The van der Waals surface area contributed by atoms with Gasteiger partial charge in [-0.15, -0.1) is 0 Å². The van der Waals surface area contributed by atoms with E-state index in [4.69, 9.17) is 26.4 Å². The van der Waals surface area contributed by atoms with Crippen LogP contribution >= 0.6 is 11.6 Å². The van der Waals surface area contributed by atoms with Crippen molar-refractivity contribution in [3.05, 3.63) is 76.2 Å². The van der Waals surface area contributed by atoms with E-state index in [1.165, 1.54) is 0 Å². The summed E-state index contributed by atoms with van der Waals surface area (Å²) in [5.74, 6) is 0.714. The predicted octanol–water partition coefficient (Wildman–Crippen LogP) is 4.46. The maximum Gasteiger partial charge on any atom is 0.152 e. The first-order valence-corrected chi connectivity index (χ1v) is 9.03. The van der Waals surface area contributed by atoms with Gasteiger partial charge in [-0.05, 0) is 37.1 Å². The molecule has 0 bridgehead atoms. The van der Waals surface area contributed by atoms with Crippen molar-refractivity contribution in [3.8, 4) is 0 Å². The Morgan fingerprint density at radius 2 is 1.92 bits per heavy atom. The van der Waals surface area contributed by atoms with Crippen LogP contribution < -0.4 is 5.32 Å². The van der Waals surface area contributed by atoms with Gasteiger partial charge < -0.3 is 5.32 Å². The van der Waals surface area contributed by atoms with Gasteiger partial charge in [-0.2, -0.15) is 0 Å². The van der Waals surface area contributed by atoms with E-state index in [1.54, 1.807) is 6.20 Å². The molecule has 0 saturated heterocycles. The highest BCUT2D eigenvalue weighted by Gasteiger charge is 2.26. The fourth-order valence-electron chi connectivity index (χ4n) is 2.72. The lowest BCUT2D eigenvalue weighted by molar-refractivity contribution is -0.288. The largest absolute Gasteiger partial charge is 0.342 e. The monoisotopic (exact) mass is 371 g/mol. The van der Waals surface area contributed by atoms with Gasteiger partial charge in [0.25, 0.3) is 0 Å². The van der Waals surface area contributed by atoms with E-state index in [2.05, 4.69) is 10.3 Å². The Kier molecular flexibility index (Phi) is 6.39. The van der Waals surface area contributed by atoms with Gasteiger partial charge in [-0.3, -0.25) is 9.98 Å². The second kappa shape index (κ2) is 8.94. The van der Waals surface area contributed by atoms with Gasteiger partial charge in [0.15, 0.2) is 5.84 Å². The maximum atomic E-state index is 6.45. The average molecular weight is 372 g/mol. The van der Waals surface area contributed by atoms with Gasteiger partial charge >= 0.3 is 0 Å². The van der Waals surface area contributed by atoms with Crippen molar-refractivity contribution in [2.24, 2.45) is 4.99 Å². The molecule has 0 spiro atoms. The van der Waals surface area contributed by atoms with Crippen LogP contribution in [0.25, 0.3) is 0 Å². The number of nitrogens with one attached hydrogen (secondary N) is 1. The summed E-state index contributed by atoms with van der Waals surface area (Å²) < 4.78 is 0. The minimum Gasteiger partial charge on any atom is -0.342 e. The molecule has 1 N–H and O–H groups in total. The number of pyridine rings is 1. The fraction of sp³-hybridized carbons (Fsp3) is 0.300. The summed E-state index contributed by atoms with van der Waals surface area (Å²) in [4.78, 5) is 19.9. The van der Waals surface area contributed by atoms with Crippen LogP contribution in [0.2, 0.25) is 5.02 Å². The summed E-state index contributed by atoms with van der Waals surface area (Å²) in [5, 5.41) is 4.00. The van der Waals surface area contributed by atoms with E-state index in [9.17, 15) is 0 Å². The number of allylic oxidation sites excluding steroid dienone is 1. The van der Waals surface area contributed by atoms with Gasteiger partial charge in [0.05, 0.1) is 6.61 Å². The van der Waals surface area contributed by atoms with Crippen molar-refractivity contribution in [3.63, 3.8) is 0 Å². The van der Waals surface area contributed by atoms with Crippen LogP contribution in [0.15, 0.2) is 64.9 Å². The van der Waals surface area contributed by atoms with E-state index in [-0.39, 0.29) is 6.04 Å². The summed E-state index contributed by atoms with van der Waals surface area (Å²) in [5.41, 5.74) is 3.66. The first-order valence-electron chi connectivity index (χ1n) is 8.65. The molecule has 136 valence electrons. The number of rotatable bonds is 7. The maximum absolute atomic E-state index is 6.45. The first kappa shape index (κ1) is 18.6. The third-order valence-electron chi connectivity index (χ3n) is 4.07. The summed E-state index contributed by atoms with van der Waals surface area (Å²) >= 11 is 6.45. The number of nitrogens with zero attached hydrogens (tertiary/aromatic N) is 2. The Bertz CT molecular complexity index is 806. The number of hydrogen-bond donors (Lipinski definition) is 1. The highest BCUT2D eigenvalue weighted by Crippen LogP contribution is 2.35. The molecule has 0 amide bonds. The van der Waals surface area contributed by atoms with Crippen LogP contribution in [0, 0.1) is 0 Å². The molecule has 1 aromatic carbocycles. The minimum atomic E-state index is -0.257. The zero-order valence-corrected chi connectivity index (χ0v) is 15.7. The Balaban J connectivity index is 1.94. The molecular formula is C20H22ClN3O2. The van der Waals surface area contributed by atoms with Crippen molar-refractivity contribution in [1.29, 1.82) is 0 Å². The van der Waals surface area contributed by atoms with Crippen molar-refractivity contribution in [2.75, 3.05) is 13.2 Å². The molecular weight excluding hydrogens is 350 g/mol. The molecule has 6 heteroatoms. The Morgan fingerprint density at radius 1 is 1.12 bits per heavy atom. The van der Waals surface area contributed by atoms with Crippen molar-refractivity contribution in [2.45, 2.75) is 26.3 Å². The fourth-order valence-corrected chi connectivity index (χ4v) is 2.96. The van der Waals surface area contributed by atoms with Crippen LogP contribution in [-0.2, 0) is 9.78 Å². The zero-order valence-electron chi connectivity index (χ0n) is 14.9.